The first-order chi connectivity index (χ1) is 8.56. The molecule has 0 radical (unpaired) electrons. The summed E-state index contributed by atoms with van der Waals surface area (Å²) in [5.41, 5.74) is 2.29. The van der Waals surface area contributed by atoms with E-state index in [1.807, 2.05) is 62.4 Å². The molecule has 0 aromatic heterocycles. The van der Waals surface area contributed by atoms with Crippen LogP contribution < -0.4 is 10.6 Å². The lowest BCUT2D eigenvalue weighted by Gasteiger charge is -2.17. The van der Waals surface area contributed by atoms with E-state index in [1.54, 1.807) is 0 Å². The zero-order valence-electron chi connectivity index (χ0n) is 10.9. The Morgan fingerprint density at radius 3 is 1.39 bits per heavy atom. The van der Waals surface area contributed by atoms with Crippen LogP contribution in [0.1, 0.15) is 11.1 Å². The quantitative estimate of drug-likeness (QED) is 0.792. The van der Waals surface area contributed by atoms with E-state index in [-0.39, 0.29) is 0 Å². The number of rotatable bonds is 3. The fourth-order valence-electron chi connectivity index (χ4n) is 1.84. The standard InChI is InChI=1S/C15H17O2P/c1-12-4-8-14(9-5-12)18(16,17-3)15-10-6-13(2)7-11-15/h4-11H,1-3H3. The topological polar surface area (TPSA) is 26.3 Å². The van der Waals surface area contributed by atoms with Gasteiger partial charge in [-0.25, -0.2) is 0 Å². The molecule has 2 aromatic carbocycles. The summed E-state index contributed by atoms with van der Waals surface area (Å²) in [6.07, 6.45) is 0. The minimum Gasteiger partial charge on any atom is -0.325 e. The van der Waals surface area contributed by atoms with Crippen molar-refractivity contribution in [3.63, 3.8) is 0 Å². The van der Waals surface area contributed by atoms with Crippen LogP contribution >= 0.6 is 7.37 Å². The van der Waals surface area contributed by atoms with E-state index in [1.165, 1.54) is 7.11 Å². The van der Waals surface area contributed by atoms with E-state index in [0.29, 0.717) is 0 Å². The van der Waals surface area contributed by atoms with E-state index in [9.17, 15) is 4.57 Å². The van der Waals surface area contributed by atoms with Crippen LogP contribution in [-0.4, -0.2) is 7.11 Å². The smallest absolute Gasteiger partial charge is 0.261 e. The summed E-state index contributed by atoms with van der Waals surface area (Å²) in [6, 6.07) is 15.3. The first-order valence-corrected chi connectivity index (χ1v) is 7.49. The van der Waals surface area contributed by atoms with Crippen LogP contribution in [0.5, 0.6) is 0 Å². The molecule has 0 heterocycles. The molecule has 0 bridgehead atoms. The van der Waals surface area contributed by atoms with Gasteiger partial charge in [-0.3, -0.25) is 4.57 Å². The van der Waals surface area contributed by atoms with Gasteiger partial charge in [-0.2, -0.15) is 0 Å². The van der Waals surface area contributed by atoms with Crippen LogP contribution in [0.3, 0.4) is 0 Å². The number of benzene rings is 2. The third-order valence-corrected chi connectivity index (χ3v) is 5.48. The van der Waals surface area contributed by atoms with Crippen molar-refractivity contribution in [2.75, 3.05) is 7.11 Å². The van der Waals surface area contributed by atoms with Crippen molar-refractivity contribution in [2.45, 2.75) is 13.8 Å². The molecule has 18 heavy (non-hydrogen) atoms. The first-order valence-electron chi connectivity index (χ1n) is 5.86. The van der Waals surface area contributed by atoms with Crippen LogP contribution in [0.15, 0.2) is 48.5 Å². The Hall–Kier alpha value is -1.37. The molecule has 0 atom stereocenters. The van der Waals surface area contributed by atoms with E-state index < -0.39 is 7.37 Å². The molecule has 0 aliphatic carbocycles. The summed E-state index contributed by atoms with van der Waals surface area (Å²) in [7, 11) is -1.44. The van der Waals surface area contributed by atoms with Gasteiger partial charge in [0.25, 0.3) is 7.37 Å². The summed E-state index contributed by atoms with van der Waals surface area (Å²) in [5, 5.41) is 1.47. The third-order valence-electron chi connectivity index (χ3n) is 3.00. The van der Waals surface area contributed by atoms with Crippen molar-refractivity contribution in [1.29, 1.82) is 0 Å². The fraction of sp³-hybridized carbons (Fsp3) is 0.200. The maximum absolute atomic E-state index is 13.0. The third kappa shape index (κ3) is 2.40. The molecule has 0 aliphatic heterocycles. The van der Waals surface area contributed by atoms with Crippen molar-refractivity contribution < 1.29 is 9.09 Å². The van der Waals surface area contributed by atoms with Crippen LogP contribution in [0.25, 0.3) is 0 Å². The molecule has 0 N–H and O–H groups in total. The molecule has 0 amide bonds. The summed E-state index contributed by atoms with van der Waals surface area (Å²) >= 11 is 0. The van der Waals surface area contributed by atoms with Gasteiger partial charge in [-0.1, -0.05) is 35.4 Å². The zero-order chi connectivity index (χ0) is 13.2. The zero-order valence-corrected chi connectivity index (χ0v) is 11.8. The summed E-state index contributed by atoms with van der Waals surface area (Å²) in [4.78, 5) is 0. The fourth-order valence-corrected chi connectivity index (χ4v) is 3.64. The first kappa shape index (κ1) is 13.1. The van der Waals surface area contributed by atoms with Gasteiger partial charge >= 0.3 is 0 Å². The Bertz CT molecular complexity index is 521. The monoisotopic (exact) mass is 260 g/mol. The molecule has 0 fully saturated rings. The highest BCUT2D eigenvalue weighted by Crippen LogP contribution is 2.43. The lowest BCUT2D eigenvalue weighted by atomic mass is 10.2. The Morgan fingerprint density at radius 1 is 0.778 bits per heavy atom. The van der Waals surface area contributed by atoms with Gasteiger partial charge in [0.2, 0.25) is 0 Å². The number of hydrogen-bond acceptors (Lipinski definition) is 2. The average molecular weight is 260 g/mol. The second-order valence-electron chi connectivity index (χ2n) is 4.41. The molecular weight excluding hydrogens is 243 g/mol. The SMILES string of the molecule is COP(=O)(c1ccc(C)cc1)c1ccc(C)cc1. The van der Waals surface area contributed by atoms with E-state index in [2.05, 4.69) is 0 Å². The van der Waals surface area contributed by atoms with Crippen molar-refractivity contribution >= 4 is 18.0 Å². The normalized spacial score (nSPS) is 11.5. The number of aryl methyl sites for hydroxylation is 2. The van der Waals surface area contributed by atoms with Crippen molar-refractivity contribution in [2.24, 2.45) is 0 Å². The minimum atomic E-state index is -2.94. The van der Waals surface area contributed by atoms with Gasteiger partial charge in [0.1, 0.15) is 0 Å². The molecule has 0 unspecified atom stereocenters. The van der Waals surface area contributed by atoms with Gasteiger partial charge in [0.05, 0.1) is 0 Å². The molecule has 94 valence electrons. The van der Waals surface area contributed by atoms with Gasteiger partial charge in [-0.15, -0.1) is 0 Å². The molecule has 0 saturated carbocycles. The number of hydrogen-bond donors (Lipinski definition) is 0. The van der Waals surface area contributed by atoms with Crippen LogP contribution in [0.4, 0.5) is 0 Å². The molecule has 3 heteroatoms. The summed E-state index contributed by atoms with van der Waals surface area (Å²) < 4.78 is 18.3. The van der Waals surface area contributed by atoms with Gasteiger partial charge in [0, 0.05) is 17.7 Å². The molecule has 2 rings (SSSR count). The predicted octanol–water partition coefficient (Wildman–Crippen LogP) is 3.18. The van der Waals surface area contributed by atoms with Crippen LogP contribution in [-0.2, 0) is 9.09 Å². The molecule has 0 aliphatic rings. The predicted molar refractivity (Wildman–Crippen MR) is 76.2 cm³/mol. The van der Waals surface area contributed by atoms with Gasteiger partial charge < -0.3 is 4.52 Å². The average Bonchev–Trinajstić information content (AvgIpc) is 2.39. The van der Waals surface area contributed by atoms with E-state index in [4.69, 9.17) is 4.52 Å². The van der Waals surface area contributed by atoms with Crippen molar-refractivity contribution in [1.82, 2.24) is 0 Å². The molecule has 0 spiro atoms. The molecular formula is C15H17O2P. The Balaban J connectivity index is 2.51. The molecule has 0 saturated heterocycles. The second kappa shape index (κ2) is 5.09. The van der Waals surface area contributed by atoms with E-state index >= 15 is 0 Å². The van der Waals surface area contributed by atoms with Crippen molar-refractivity contribution in [3.05, 3.63) is 59.7 Å². The largest absolute Gasteiger partial charge is 0.325 e. The lowest BCUT2D eigenvalue weighted by Crippen LogP contribution is -2.17. The minimum absolute atomic E-state index is 0.736. The maximum atomic E-state index is 13.0. The molecule has 2 nitrogen and oxygen atoms in total. The molecule has 2 aromatic rings. The highest BCUT2D eigenvalue weighted by Gasteiger charge is 2.26. The van der Waals surface area contributed by atoms with Gasteiger partial charge in [0.15, 0.2) is 0 Å². The summed E-state index contributed by atoms with van der Waals surface area (Å²) in [6.45, 7) is 4.01. The highest BCUT2D eigenvalue weighted by atomic mass is 31.2. The van der Waals surface area contributed by atoms with Crippen LogP contribution in [0.2, 0.25) is 0 Å². The highest BCUT2D eigenvalue weighted by molar-refractivity contribution is 7.74. The Morgan fingerprint density at radius 2 is 1.11 bits per heavy atom. The Kier molecular flexibility index (Phi) is 3.70. The Labute approximate surface area is 108 Å². The second-order valence-corrected chi connectivity index (χ2v) is 6.91. The van der Waals surface area contributed by atoms with Crippen molar-refractivity contribution in [3.8, 4) is 0 Å². The summed E-state index contributed by atoms with van der Waals surface area (Å²) in [5.74, 6) is 0. The lowest BCUT2D eigenvalue weighted by molar-refractivity contribution is 0.412. The van der Waals surface area contributed by atoms with Crippen LogP contribution in [0, 0.1) is 13.8 Å². The van der Waals surface area contributed by atoms with Gasteiger partial charge in [-0.05, 0) is 38.1 Å². The maximum Gasteiger partial charge on any atom is 0.261 e. The van der Waals surface area contributed by atoms with E-state index in [0.717, 1.165) is 21.7 Å².